The number of ether oxygens (including phenoxy) is 6. The third-order valence-electron chi connectivity index (χ3n) is 6.88. The Morgan fingerprint density at radius 2 is 0.674 bits per heavy atom. The van der Waals surface area contributed by atoms with Crippen molar-refractivity contribution < 1.29 is 38.0 Å². The molecule has 0 saturated carbocycles. The van der Waals surface area contributed by atoms with Crippen molar-refractivity contribution in [1.29, 1.82) is 0 Å². The van der Waals surface area contributed by atoms with Gasteiger partial charge >= 0.3 is 11.9 Å². The topological polar surface area (TPSA) is 96.0 Å². The predicted molar refractivity (Wildman–Crippen MR) is 172 cm³/mol. The van der Waals surface area contributed by atoms with Gasteiger partial charge in [0.1, 0.15) is 13.2 Å². The van der Waals surface area contributed by atoms with Crippen molar-refractivity contribution in [3.8, 4) is 0 Å². The van der Waals surface area contributed by atoms with E-state index in [0.717, 1.165) is 104 Å². The first kappa shape index (κ1) is 41.7. The average Bonchev–Trinajstić information content (AvgIpc) is 3.00. The van der Waals surface area contributed by atoms with Crippen molar-refractivity contribution in [1.82, 2.24) is 9.80 Å². The smallest absolute Gasteiger partial charge is 0.305 e. The van der Waals surface area contributed by atoms with Crippen LogP contribution >= 0.6 is 0 Å². The zero-order valence-corrected chi connectivity index (χ0v) is 28.3. The molecular formula is C33H66N2O8. The van der Waals surface area contributed by atoms with E-state index in [1.165, 1.54) is 0 Å². The van der Waals surface area contributed by atoms with Gasteiger partial charge in [0.25, 0.3) is 0 Å². The van der Waals surface area contributed by atoms with Crippen molar-refractivity contribution in [3.05, 3.63) is 0 Å². The summed E-state index contributed by atoms with van der Waals surface area (Å²) >= 11 is 0. The fraction of sp³-hybridized carbons (Fsp3) is 0.939. The van der Waals surface area contributed by atoms with E-state index in [9.17, 15) is 9.59 Å². The van der Waals surface area contributed by atoms with E-state index >= 15 is 0 Å². The molecule has 0 rings (SSSR count). The molecule has 10 nitrogen and oxygen atoms in total. The third-order valence-corrected chi connectivity index (χ3v) is 6.88. The first-order chi connectivity index (χ1) is 21.1. The van der Waals surface area contributed by atoms with Crippen molar-refractivity contribution >= 4 is 11.9 Å². The van der Waals surface area contributed by atoms with E-state index in [0.29, 0.717) is 59.2 Å². The van der Waals surface area contributed by atoms with E-state index in [1.807, 2.05) is 0 Å². The normalized spacial score (nSPS) is 11.5. The van der Waals surface area contributed by atoms with Gasteiger partial charge in [0, 0.05) is 78.5 Å². The molecule has 0 aliphatic heterocycles. The summed E-state index contributed by atoms with van der Waals surface area (Å²) in [5.41, 5.74) is 0. The standard InChI is InChI=1S/C33H66N2O8/c1-5-9-22-38-26-16-34(17-27-39-23-10-6-2)20-30-42-32(36)14-13-15-33(37)43-31-21-35(18-28-40-24-11-7-3)19-29-41-25-12-8-4/h5-31H2,1-4H3. The summed E-state index contributed by atoms with van der Waals surface area (Å²) < 4.78 is 33.7. The molecule has 256 valence electrons. The molecule has 10 heteroatoms. The maximum atomic E-state index is 12.2. The van der Waals surface area contributed by atoms with Crippen LogP contribution in [0, 0.1) is 0 Å². The molecular weight excluding hydrogens is 552 g/mol. The number of rotatable bonds is 34. The molecule has 0 amide bonds. The quantitative estimate of drug-likeness (QED) is 0.0715. The molecule has 0 aliphatic rings. The Hall–Kier alpha value is -1.30. The van der Waals surface area contributed by atoms with Crippen LogP contribution in [-0.2, 0) is 38.0 Å². The van der Waals surface area contributed by atoms with Gasteiger partial charge in [-0.05, 0) is 32.1 Å². The van der Waals surface area contributed by atoms with Gasteiger partial charge in [-0.3, -0.25) is 19.4 Å². The Bertz CT molecular complexity index is 533. The Morgan fingerprint density at radius 1 is 0.395 bits per heavy atom. The minimum absolute atomic E-state index is 0.200. The Kier molecular flexibility index (Phi) is 32.6. The average molecular weight is 619 g/mol. The highest BCUT2D eigenvalue weighted by atomic mass is 16.5. The number of carbonyl (C=O) groups excluding carboxylic acids is 2. The van der Waals surface area contributed by atoms with Gasteiger partial charge in [-0.15, -0.1) is 0 Å². The third kappa shape index (κ3) is 30.5. The van der Waals surface area contributed by atoms with E-state index in [4.69, 9.17) is 28.4 Å². The molecule has 0 unspecified atom stereocenters. The van der Waals surface area contributed by atoms with Crippen molar-refractivity contribution in [3.63, 3.8) is 0 Å². The Balaban J connectivity index is 4.20. The molecule has 43 heavy (non-hydrogen) atoms. The molecule has 0 fully saturated rings. The molecule has 0 N–H and O–H groups in total. The van der Waals surface area contributed by atoms with Crippen LogP contribution in [0.1, 0.15) is 98.3 Å². The van der Waals surface area contributed by atoms with Crippen LogP contribution in [0.15, 0.2) is 0 Å². The van der Waals surface area contributed by atoms with Gasteiger partial charge in [0.2, 0.25) is 0 Å². The summed E-state index contributed by atoms with van der Waals surface area (Å²) in [5, 5.41) is 0. The second kappa shape index (κ2) is 33.6. The molecule has 0 radical (unpaired) electrons. The highest BCUT2D eigenvalue weighted by Gasteiger charge is 2.11. The number of nitrogens with zero attached hydrogens (tertiary/aromatic N) is 2. The summed E-state index contributed by atoms with van der Waals surface area (Å²) in [6, 6.07) is 0. The number of hydrogen-bond acceptors (Lipinski definition) is 10. The Morgan fingerprint density at radius 3 is 0.953 bits per heavy atom. The van der Waals surface area contributed by atoms with Crippen LogP contribution in [0.25, 0.3) is 0 Å². The number of hydrogen-bond donors (Lipinski definition) is 0. The van der Waals surface area contributed by atoms with Gasteiger partial charge in [0.05, 0.1) is 26.4 Å². The molecule has 0 aliphatic carbocycles. The fourth-order valence-corrected chi connectivity index (χ4v) is 3.94. The van der Waals surface area contributed by atoms with Gasteiger partial charge in [-0.1, -0.05) is 53.4 Å². The molecule has 0 aromatic heterocycles. The first-order valence-corrected chi connectivity index (χ1v) is 17.1. The van der Waals surface area contributed by atoms with Crippen molar-refractivity contribution in [2.45, 2.75) is 98.3 Å². The van der Waals surface area contributed by atoms with E-state index in [1.54, 1.807) is 0 Å². The van der Waals surface area contributed by atoms with Crippen LogP contribution in [0.5, 0.6) is 0 Å². The minimum Gasteiger partial charge on any atom is -0.464 e. The number of esters is 2. The summed E-state index contributed by atoms with van der Waals surface area (Å²) in [4.78, 5) is 28.9. The van der Waals surface area contributed by atoms with Gasteiger partial charge in [0.15, 0.2) is 0 Å². The van der Waals surface area contributed by atoms with Crippen LogP contribution in [-0.4, -0.2) is 127 Å². The monoisotopic (exact) mass is 618 g/mol. The van der Waals surface area contributed by atoms with Gasteiger partial charge < -0.3 is 28.4 Å². The summed E-state index contributed by atoms with van der Waals surface area (Å²) in [7, 11) is 0. The summed E-state index contributed by atoms with van der Waals surface area (Å²) in [6.45, 7) is 19.3. The second-order valence-corrected chi connectivity index (χ2v) is 10.8. The van der Waals surface area contributed by atoms with Crippen LogP contribution in [0.3, 0.4) is 0 Å². The molecule has 0 aromatic carbocycles. The lowest BCUT2D eigenvalue weighted by molar-refractivity contribution is -0.146. The largest absolute Gasteiger partial charge is 0.464 e. The first-order valence-electron chi connectivity index (χ1n) is 17.1. The lowest BCUT2D eigenvalue weighted by Crippen LogP contribution is -2.34. The molecule has 0 aromatic rings. The fourth-order valence-electron chi connectivity index (χ4n) is 3.94. The van der Waals surface area contributed by atoms with Gasteiger partial charge in [-0.2, -0.15) is 0 Å². The number of carbonyl (C=O) groups is 2. The predicted octanol–water partition coefficient (Wildman–Crippen LogP) is 5.11. The van der Waals surface area contributed by atoms with E-state index in [-0.39, 0.29) is 24.8 Å². The van der Waals surface area contributed by atoms with Gasteiger partial charge in [-0.25, -0.2) is 0 Å². The maximum Gasteiger partial charge on any atom is 0.305 e. The molecule has 0 atom stereocenters. The highest BCUT2D eigenvalue weighted by Crippen LogP contribution is 2.02. The van der Waals surface area contributed by atoms with Crippen LogP contribution in [0.4, 0.5) is 0 Å². The van der Waals surface area contributed by atoms with Crippen molar-refractivity contribution in [2.24, 2.45) is 0 Å². The van der Waals surface area contributed by atoms with Crippen LogP contribution < -0.4 is 0 Å². The lowest BCUT2D eigenvalue weighted by atomic mass is 10.2. The zero-order chi connectivity index (χ0) is 31.6. The van der Waals surface area contributed by atoms with Crippen molar-refractivity contribution in [2.75, 3.05) is 105 Å². The second-order valence-electron chi connectivity index (χ2n) is 10.8. The van der Waals surface area contributed by atoms with E-state index < -0.39 is 0 Å². The molecule has 0 bridgehead atoms. The number of unbranched alkanes of at least 4 members (excludes halogenated alkanes) is 4. The zero-order valence-electron chi connectivity index (χ0n) is 28.3. The molecule has 0 heterocycles. The lowest BCUT2D eigenvalue weighted by Gasteiger charge is -2.22. The highest BCUT2D eigenvalue weighted by molar-refractivity contribution is 5.72. The summed E-state index contributed by atoms with van der Waals surface area (Å²) in [5.74, 6) is -0.577. The molecule has 0 spiro atoms. The Labute approximate surface area is 263 Å². The van der Waals surface area contributed by atoms with Crippen LogP contribution in [0.2, 0.25) is 0 Å². The molecule has 0 saturated heterocycles. The maximum absolute atomic E-state index is 12.2. The van der Waals surface area contributed by atoms with E-state index in [2.05, 4.69) is 37.5 Å². The summed E-state index contributed by atoms with van der Waals surface area (Å²) in [6.07, 6.45) is 9.53. The minimum atomic E-state index is -0.288. The SMILES string of the molecule is CCCCOCCN(CCOCCCC)CCOC(=O)CCCC(=O)OCCN(CCOCCCC)CCOCCCC.